The van der Waals surface area contributed by atoms with Gasteiger partial charge in [-0.25, -0.2) is 15.8 Å². The number of hydrogen-bond donors (Lipinski definition) is 2. The molecule has 108 valence electrons. The number of rotatable bonds is 7. The lowest BCUT2D eigenvalue weighted by molar-refractivity contribution is 0.408. The summed E-state index contributed by atoms with van der Waals surface area (Å²) < 4.78 is 0.803. The van der Waals surface area contributed by atoms with Crippen molar-refractivity contribution in [3.8, 4) is 0 Å². The summed E-state index contributed by atoms with van der Waals surface area (Å²) in [5, 5.41) is 0. The monoisotopic (exact) mass is 330 g/mol. The van der Waals surface area contributed by atoms with E-state index in [9.17, 15) is 0 Å². The van der Waals surface area contributed by atoms with Crippen molar-refractivity contribution in [2.24, 2.45) is 11.8 Å². The van der Waals surface area contributed by atoms with Gasteiger partial charge in [0.15, 0.2) is 5.82 Å². The number of nitrogens with one attached hydrogen (secondary N) is 1. The molecule has 0 spiro atoms. The van der Waals surface area contributed by atoms with Gasteiger partial charge >= 0.3 is 0 Å². The van der Waals surface area contributed by atoms with Crippen LogP contribution in [0.4, 0.5) is 11.6 Å². The fourth-order valence-electron chi connectivity index (χ4n) is 1.73. The maximum Gasteiger partial charge on any atom is 0.159 e. The molecule has 1 aromatic rings. The predicted octanol–water partition coefficient (Wildman–Crippen LogP) is 1.55. The Morgan fingerprint density at radius 1 is 1.32 bits per heavy atom. The van der Waals surface area contributed by atoms with Gasteiger partial charge in [-0.2, -0.15) is 0 Å². The summed E-state index contributed by atoms with van der Waals surface area (Å²) >= 11 is 3.52. The molecule has 1 aromatic heterocycles. The molecule has 0 bridgehead atoms. The third-order valence-electron chi connectivity index (χ3n) is 2.61. The first-order chi connectivity index (χ1) is 8.95. The van der Waals surface area contributed by atoms with Gasteiger partial charge in [-0.3, -0.25) is 0 Å². The molecule has 0 aliphatic heterocycles. The number of hydrogen-bond acceptors (Lipinski definition) is 6. The van der Waals surface area contributed by atoms with Crippen LogP contribution in [0, 0.1) is 5.92 Å². The van der Waals surface area contributed by atoms with E-state index in [2.05, 4.69) is 69.1 Å². The van der Waals surface area contributed by atoms with Crippen LogP contribution in [0.15, 0.2) is 10.8 Å². The van der Waals surface area contributed by atoms with Crippen molar-refractivity contribution in [3.05, 3.63) is 10.8 Å². The highest BCUT2D eigenvalue weighted by Crippen LogP contribution is 2.29. The number of halogens is 1. The average molecular weight is 331 g/mol. The maximum absolute atomic E-state index is 5.45. The van der Waals surface area contributed by atoms with Crippen molar-refractivity contribution >= 4 is 27.6 Å². The van der Waals surface area contributed by atoms with Crippen LogP contribution >= 0.6 is 15.9 Å². The Morgan fingerprint density at radius 3 is 2.53 bits per heavy atom. The van der Waals surface area contributed by atoms with E-state index in [0.29, 0.717) is 11.7 Å². The van der Waals surface area contributed by atoms with Crippen LogP contribution in [-0.4, -0.2) is 48.6 Å². The van der Waals surface area contributed by atoms with Gasteiger partial charge in [0.1, 0.15) is 16.6 Å². The quantitative estimate of drug-likeness (QED) is 0.584. The average Bonchev–Trinajstić information content (AvgIpc) is 2.34. The Bertz CT molecular complexity index is 396. The van der Waals surface area contributed by atoms with Gasteiger partial charge in [0.2, 0.25) is 0 Å². The van der Waals surface area contributed by atoms with Crippen molar-refractivity contribution in [1.82, 2.24) is 14.9 Å². The third-order valence-corrected chi connectivity index (χ3v) is 3.34. The van der Waals surface area contributed by atoms with Crippen molar-refractivity contribution in [2.45, 2.75) is 13.8 Å². The molecule has 0 aromatic carbocycles. The lowest BCUT2D eigenvalue weighted by Gasteiger charge is -2.28. The number of nitrogen functional groups attached to an aromatic ring is 1. The fraction of sp³-hybridized carbons (Fsp3) is 0.667. The number of hydrazine groups is 1. The zero-order chi connectivity index (χ0) is 14.4. The topological polar surface area (TPSA) is 70.3 Å². The second-order valence-electron chi connectivity index (χ2n) is 5.15. The Kier molecular flexibility index (Phi) is 6.47. The summed E-state index contributed by atoms with van der Waals surface area (Å²) in [6.07, 6.45) is 1.53. The first kappa shape index (κ1) is 16.1. The summed E-state index contributed by atoms with van der Waals surface area (Å²) in [7, 11) is 4.13. The van der Waals surface area contributed by atoms with E-state index in [0.717, 1.165) is 29.9 Å². The Morgan fingerprint density at radius 2 is 2.00 bits per heavy atom. The van der Waals surface area contributed by atoms with Crippen LogP contribution in [0.1, 0.15) is 13.8 Å². The molecule has 19 heavy (non-hydrogen) atoms. The van der Waals surface area contributed by atoms with Crippen molar-refractivity contribution in [3.63, 3.8) is 0 Å². The second kappa shape index (κ2) is 7.62. The maximum atomic E-state index is 5.45. The Labute approximate surface area is 123 Å². The molecule has 1 heterocycles. The first-order valence-electron chi connectivity index (χ1n) is 6.32. The van der Waals surface area contributed by atoms with Crippen molar-refractivity contribution < 1.29 is 0 Å². The highest BCUT2D eigenvalue weighted by atomic mass is 79.9. The zero-order valence-electron chi connectivity index (χ0n) is 12.0. The summed E-state index contributed by atoms with van der Waals surface area (Å²) in [5.74, 6) is 7.47. The van der Waals surface area contributed by atoms with Gasteiger partial charge in [-0.15, -0.1) is 0 Å². The smallest absolute Gasteiger partial charge is 0.159 e. The van der Waals surface area contributed by atoms with Crippen molar-refractivity contribution in [1.29, 1.82) is 0 Å². The van der Waals surface area contributed by atoms with Gasteiger partial charge in [0.25, 0.3) is 0 Å². The van der Waals surface area contributed by atoms with Gasteiger partial charge in [-0.05, 0) is 35.9 Å². The second-order valence-corrected chi connectivity index (χ2v) is 5.94. The highest BCUT2D eigenvalue weighted by molar-refractivity contribution is 9.10. The van der Waals surface area contributed by atoms with Crippen LogP contribution in [0.3, 0.4) is 0 Å². The van der Waals surface area contributed by atoms with E-state index >= 15 is 0 Å². The molecule has 0 atom stereocenters. The molecule has 0 aliphatic carbocycles. The lowest BCUT2D eigenvalue weighted by atomic mass is 10.2. The third kappa shape index (κ3) is 4.93. The normalized spacial score (nSPS) is 11.2. The number of nitrogens with zero attached hydrogens (tertiary/aromatic N) is 4. The largest absolute Gasteiger partial charge is 0.354 e. The summed E-state index contributed by atoms with van der Waals surface area (Å²) in [6.45, 7) is 7.20. The summed E-state index contributed by atoms with van der Waals surface area (Å²) in [5.41, 5.74) is 2.57. The van der Waals surface area contributed by atoms with Crippen LogP contribution in [0.5, 0.6) is 0 Å². The van der Waals surface area contributed by atoms with Gasteiger partial charge in [0, 0.05) is 19.6 Å². The molecule has 0 radical (unpaired) electrons. The van der Waals surface area contributed by atoms with Crippen LogP contribution in [-0.2, 0) is 0 Å². The van der Waals surface area contributed by atoms with E-state index < -0.39 is 0 Å². The molecule has 0 aliphatic rings. The minimum atomic E-state index is 0.554. The molecular formula is C12H23BrN6. The van der Waals surface area contributed by atoms with Crippen molar-refractivity contribution in [2.75, 3.05) is 44.1 Å². The minimum Gasteiger partial charge on any atom is -0.354 e. The number of nitrogens with two attached hydrogens (primary N) is 1. The Balaban J connectivity index is 2.95. The van der Waals surface area contributed by atoms with E-state index in [4.69, 9.17) is 5.84 Å². The number of aromatic nitrogens is 2. The Hall–Kier alpha value is -0.920. The van der Waals surface area contributed by atoms with E-state index in [-0.39, 0.29) is 0 Å². The molecular weight excluding hydrogens is 308 g/mol. The van der Waals surface area contributed by atoms with Gasteiger partial charge in [0.05, 0.1) is 0 Å². The molecule has 0 saturated heterocycles. The van der Waals surface area contributed by atoms with E-state index in [1.165, 1.54) is 6.33 Å². The molecule has 1 rings (SSSR count). The van der Waals surface area contributed by atoms with Crippen LogP contribution < -0.4 is 16.2 Å². The SMILES string of the molecule is CC(C)CN(CCN(C)C)c1ncnc(NN)c1Br. The highest BCUT2D eigenvalue weighted by Gasteiger charge is 2.16. The molecule has 0 fully saturated rings. The molecule has 0 saturated carbocycles. The van der Waals surface area contributed by atoms with Gasteiger partial charge in [-0.1, -0.05) is 13.8 Å². The van der Waals surface area contributed by atoms with Crippen LogP contribution in [0.25, 0.3) is 0 Å². The first-order valence-corrected chi connectivity index (χ1v) is 7.11. The van der Waals surface area contributed by atoms with Crippen LogP contribution in [0.2, 0.25) is 0 Å². The summed E-state index contributed by atoms with van der Waals surface area (Å²) in [4.78, 5) is 12.9. The summed E-state index contributed by atoms with van der Waals surface area (Å²) in [6, 6.07) is 0. The molecule has 7 heteroatoms. The zero-order valence-corrected chi connectivity index (χ0v) is 13.6. The molecule has 0 unspecified atom stereocenters. The molecule has 6 nitrogen and oxygen atoms in total. The molecule has 3 N–H and O–H groups in total. The van der Waals surface area contributed by atoms with Gasteiger partial charge < -0.3 is 15.2 Å². The lowest BCUT2D eigenvalue weighted by Crippen LogP contribution is -2.35. The standard InChI is InChI=1S/C12H23BrN6/c1-9(2)7-19(6-5-18(3)4)12-10(13)11(17-14)15-8-16-12/h8-9H,5-7,14H2,1-4H3,(H,15,16,17). The molecule has 0 amide bonds. The predicted molar refractivity (Wildman–Crippen MR) is 83.1 cm³/mol. The minimum absolute atomic E-state index is 0.554. The number of anilines is 2. The number of likely N-dealkylation sites (N-methyl/N-ethyl adjacent to an activating group) is 1. The van der Waals surface area contributed by atoms with E-state index in [1.807, 2.05) is 0 Å². The fourth-order valence-corrected chi connectivity index (χ4v) is 2.30. The van der Waals surface area contributed by atoms with E-state index in [1.54, 1.807) is 0 Å².